The summed E-state index contributed by atoms with van der Waals surface area (Å²) in [4.78, 5) is 8.93. The third kappa shape index (κ3) is 6.79. The van der Waals surface area contributed by atoms with E-state index in [9.17, 15) is 0 Å². The minimum Gasteiger partial charge on any atom is -0.302 e. The number of benzene rings is 3. The Bertz CT molecular complexity index is 1270. The monoisotopic (exact) mass is 605 g/mol. The van der Waals surface area contributed by atoms with Gasteiger partial charge in [0.25, 0.3) is 0 Å². The summed E-state index contributed by atoms with van der Waals surface area (Å²) in [6.07, 6.45) is 0. The second-order valence-corrected chi connectivity index (χ2v) is 7.46. The van der Waals surface area contributed by atoms with E-state index in [0.29, 0.717) is 0 Å². The maximum Gasteiger partial charge on any atom is 0.0266 e. The molecule has 0 spiro atoms. The molecule has 0 aliphatic carbocycles. The maximum absolute atomic E-state index is 4.51. The summed E-state index contributed by atoms with van der Waals surface area (Å²) >= 11 is 0. The molecule has 0 fully saturated rings. The SMILES string of the molecule is Cc1cccc(-c2[c-]cc(-c3ccccc3)cc2)n1.Cc1cccc(-c2[c-]cccc2)n1.[Ir]. The number of hydrogen-bond donors (Lipinski definition) is 0. The first-order chi connectivity index (χ1) is 15.7. The number of aromatic nitrogens is 2. The van der Waals surface area contributed by atoms with Crippen LogP contribution in [0.3, 0.4) is 0 Å². The molecule has 0 atom stereocenters. The van der Waals surface area contributed by atoms with Gasteiger partial charge >= 0.3 is 0 Å². The van der Waals surface area contributed by atoms with Crippen LogP contribution >= 0.6 is 0 Å². The van der Waals surface area contributed by atoms with Crippen molar-refractivity contribution in [2.45, 2.75) is 13.8 Å². The van der Waals surface area contributed by atoms with Crippen molar-refractivity contribution in [3.8, 4) is 33.6 Å². The van der Waals surface area contributed by atoms with Crippen molar-refractivity contribution < 1.29 is 20.1 Å². The zero-order valence-corrected chi connectivity index (χ0v) is 21.0. The van der Waals surface area contributed by atoms with Gasteiger partial charge < -0.3 is 9.97 Å². The molecule has 0 N–H and O–H groups in total. The summed E-state index contributed by atoms with van der Waals surface area (Å²) in [5.74, 6) is 0. The molecule has 0 saturated heterocycles. The van der Waals surface area contributed by atoms with Gasteiger partial charge in [0.15, 0.2) is 0 Å². The molecule has 0 amide bonds. The molecule has 5 aromatic rings. The number of aryl methyl sites for hydroxylation is 2. The van der Waals surface area contributed by atoms with E-state index >= 15 is 0 Å². The minimum atomic E-state index is 0. The van der Waals surface area contributed by atoms with E-state index in [1.807, 2.05) is 98.8 Å². The molecule has 3 aromatic carbocycles. The third-order valence-corrected chi connectivity index (χ3v) is 4.96. The van der Waals surface area contributed by atoms with Gasteiger partial charge in [-0.3, -0.25) is 0 Å². The zero-order chi connectivity index (χ0) is 22.2. The number of rotatable bonds is 3. The summed E-state index contributed by atoms with van der Waals surface area (Å²) in [6.45, 7) is 3.99. The Morgan fingerprint density at radius 3 is 1.64 bits per heavy atom. The van der Waals surface area contributed by atoms with Crippen LogP contribution in [0, 0.1) is 26.0 Å². The molecule has 0 unspecified atom stereocenters. The van der Waals surface area contributed by atoms with Crippen molar-refractivity contribution >= 4 is 0 Å². The molecule has 2 nitrogen and oxygen atoms in total. The zero-order valence-electron chi connectivity index (χ0n) is 18.6. The summed E-state index contributed by atoms with van der Waals surface area (Å²) in [7, 11) is 0. The van der Waals surface area contributed by atoms with Crippen LogP contribution in [0.15, 0.2) is 109 Å². The van der Waals surface area contributed by atoms with Crippen molar-refractivity contribution in [1.82, 2.24) is 9.97 Å². The molecule has 0 saturated carbocycles. The van der Waals surface area contributed by atoms with Crippen LogP contribution in [0.1, 0.15) is 11.4 Å². The van der Waals surface area contributed by atoms with Gasteiger partial charge in [0.05, 0.1) is 0 Å². The smallest absolute Gasteiger partial charge is 0.0266 e. The Morgan fingerprint density at radius 2 is 1.12 bits per heavy atom. The van der Waals surface area contributed by atoms with Crippen LogP contribution < -0.4 is 0 Å². The fraction of sp³-hybridized carbons (Fsp3) is 0.0667. The van der Waals surface area contributed by atoms with Gasteiger partial charge in [0.2, 0.25) is 0 Å². The Labute approximate surface area is 209 Å². The van der Waals surface area contributed by atoms with Gasteiger partial charge in [0.1, 0.15) is 0 Å². The quantitative estimate of drug-likeness (QED) is 0.201. The number of hydrogen-bond acceptors (Lipinski definition) is 2. The van der Waals surface area contributed by atoms with Crippen LogP contribution in [0.4, 0.5) is 0 Å². The topological polar surface area (TPSA) is 25.8 Å². The molecular formula is C30H24IrN2-2. The largest absolute Gasteiger partial charge is 0.302 e. The molecule has 2 aromatic heterocycles. The van der Waals surface area contributed by atoms with Gasteiger partial charge in [-0.05, 0) is 37.4 Å². The normalized spacial score (nSPS) is 9.88. The van der Waals surface area contributed by atoms with Crippen molar-refractivity contribution in [1.29, 1.82) is 0 Å². The number of pyridine rings is 2. The van der Waals surface area contributed by atoms with Crippen LogP contribution in [0.2, 0.25) is 0 Å². The van der Waals surface area contributed by atoms with Gasteiger partial charge in [-0.15, -0.1) is 65.7 Å². The van der Waals surface area contributed by atoms with Crippen molar-refractivity contribution in [3.63, 3.8) is 0 Å². The standard InChI is InChI=1S/C18H14N.C12H10N.Ir/c1-14-6-5-9-18(19-14)17-12-10-16(11-13-17)15-7-3-2-4-8-15;1-10-6-5-9-12(13-10)11-7-3-2-4-8-11;/h2-12H,1H3;2-7,9H,1H3;/q2*-1;. The average Bonchev–Trinajstić information content (AvgIpc) is 2.86. The van der Waals surface area contributed by atoms with E-state index in [2.05, 4.69) is 46.4 Å². The molecular weight excluding hydrogens is 581 g/mol. The Hall–Kier alpha value is -3.39. The minimum absolute atomic E-state index is 0. The average molecular weight is 605 g/mol. The predicted octanol–water partition coefficient (Wildman–Crippen LogP) is 7.38. The van der Waals surface area contributed by atoms with Crippen molar-refractivity contribution in [2.24, 2.45) is 0 Å². The molecule has 0 aliphatic heterocycles. The van der Waals surface area contributed by atoms with Crippen LogP contribution in [-0.4, -0.2) is 9.97 Å². The molecule has 0 aliphatic rings. The van der Waals surface area contributed by atoms with Gasteiger partial charge in [0, 0.05) is 31.5 Å². The van der Waals surface area contributed by atoms with E-state index in [-0.39, 0.29) is 20.1 Å². The van der Waals surface area contributed by atoms with Crippen LogP contribution in [-0.2, 0) is 20.1 Å². The molecule has 33 heavy (non-hydrogen) atoms. The third-order valence-electron chi connectivity index (χ3n) is 4.96. The van der Waals surface area contributed by atoms with Gasteiger partial charge in [-0.25, -0.2) is 0 Å². The summed E-state index contributed by atoms with van der Waals surface area (Å²) < 4.78 is 0. The first kappa shape index (κ1) is 24.3. The second-order valence-electron chi connectivity index (χ2n) is 7.46. The molecule has 2 heterocycles. The molecule has 0 bridgehead atoms. The second kappa shape index (κ2) is 12.0. The van der Waals surface area contributed by atoms with Crippen LogP contribution in [0.5, 0.6) is 0 Å². The predicted molar refractivity (Wildman–Crippen MR) is 132 cm³/mol. The van der Waals surface area contributed by atoms with E-state index in [4.69, 9.17) is 0 Å². The van der Waals surface area contributed by atoms with Gasteiger partial charge in [-0.2, -0.15) is 0 Å². The fourth-order valence-corrected chi connectivity index (χ4v) is 3.33. The molecule has 1 radical (unpaired) electrons. The first-order valence-corrected chi connectivity index (χ1v) is 10.6. The van der Waals surface area contributed by atoms with E-state index in [1.54, 1.807) is 0 Å². The molecule has 5 rings (SSSR count). The van der Waals surface area contributed by atoms with Crippen LogP contribution in [0.25, 0.3) is 33.6 Å². The number of nitrogens with zero attached hydrogens (tertiary/aromatic N) is 2. The summed E-state index contributed by atoms with van der Waals surface area (Å²) in [5.41, 5.74) is 8.49. The van der Waals surface area contributed by atoms with E-state index in [0.717, 1.165) is 33.9 Å². The summed E-state index contributed by atoms with van der Waals surface area (Å²) in [6, 6.07) is 42.9. The Balaban J connectivity index is 0.000000192. The van der Waals surface area contributed by atoms with E-state index < -0.39 is 0 Å². The maximum atomic E-state index is 4.51. The molecule has 165 valence electrons. The van der Waals surface area contributed by atoms with Gasteiger partial charge in [-0.1, -0.05) is 65.7 Å². The summed E-state index contributed by atoms with van der Waals surface area (Å²) in [5, 5.41) is 0. The Kier molecular flexibility index (Phi) is 8.83. The van der Waals surface area contributed by atoms with Crippen molar-refractivity contribution in [3.05, 3.63) is 133 Å². The van der Waals surface area contributed by atoms with E-state index in [1.165, 1.54) is 11.1 Å². The first-order valence-electron chi connectivity index (χ1n) is 10.6. The molecule has 3 heteroatoms. The van der Waals surface area contributed by atoms with Crippen molar-refractivity contribution in [2.75, 3.05) is 0 Å². The Morgan fingerprint density at radius 1 is 0.515 bits per heavy atom. The fourth-order valence-electron chi connectivity index (χ4n) is 3.33.